The Bertz CT molecular complexity index is 1130. The van der Waals surface area contributed by atoms with Crippen LogP contribution in [0.4, 0.5) is 5.82 Å². The molecule has 1 aromatic heterocycles. The summed E-state index contributed by atoms with van der Waals surface area (Å²) in [7, 11) is 0. The number of hydrogen-bond donors (Lipinski definition) is 0. The molecule has 37 heavy (non-hydrogen) atoms. The van der Waals surface area contributed by atoms with Gasteiger partial charge in [0, 0.05) is 51.3 Å². The van der Waals surface area contributed by atoms with Crippen LogP contribution in [0.2, 0.25) is 5.15 Å². The molecule has 1 atom stereocenters. The quantitative estimate of drug-likeness (QED) is 0.284. The molecule has 0 bridgehead atoms. The van der Waals surface area contributed by atoms with Crippen LogP contribution >= 0.6 is 23.4 Å². The Kier molecular flexibility index (Phi) is 8.55. The molecule has 198 valence electrons. The molecule has 2 aliphatic heterocycles. The van der Waals surface area contributed by atoms with Crippen molar-refractivity contribution < 1.29 is 9.59 Å². The maximum absolute atomic E-state index is 12.9. The summed E-state index contributed by atoms with van der Waals surface area (Å²) in [6, 6.07) is 10.2. The highest BCUT2D eigenvalue weighted by Gasteiger charge is 2.29. The van der Waals surface area contributed by atoms with Gasteiger partial charge in [-0.1, -0.05) is 73.3 Å². The number of halogens is 1. The van der Waals surface area contributed by atoms with E-state index < -0.39 is 0 Å². The van der Waals surface area contributed by atoms with E-state index >= 15 is 0 Å². The highest BCUT2D eigenvalue weighted by Crippen LogP contribution is 2.30. The topological polar surface area (TPSA) is 69.6 Å². The second kappa shape index (κ2) is 12.0. The van der Waals surface area contributed by atoms with Crippen LogP contribution in [0.25, 0.3) is 0 Å². The number of fused-ring (bicyclic) bond motifs is 1. The van der Waals surface area contributed by atoms with E-state index in [0.717, 1.165) is 31.1 Å². The molecule has 2 amide bonds. The molecule has 7 nitrogen and oxygen atoms in total. The third-order valence-corrected chi connectivity index (χ3v) is 9.01. The van der Waals surface area contributed by atoms with Gasteiger partial charge in [-0.05, 0) is 36.8 Å². The van der Waals surface area contributed by atoms with Crippen LogP contribution in [0.3, 0.4) is 0 Å². The smallest absolute Gasteiger partial charge is 0.233 e. The largest absolute Gasteiger partial charge is 0.353 e. The lowest BCUT2D eigenvalue weighted by Crippen LogP contribution is -2.54. The van der Waals surface area contributed by atoms with Gasteiger partial charge in [-0.25, -0.2) is 9.97 Å². The second-order valence-electron chi connectivity index (χ2n) is 10.5. The number of aromatic nitrogens is 2. The SMILES string of the molecule is C[C@H]1CN(c2cc(Cl)nc(SCC(=O)N3CCc4ccccc4C3)n2)CCN1C(=O)CCC1CCCC1. The maximum Gasteiger partial charge on any atom is 0.233 e. The number of carbonyl (C=O) groups is 2. The van der Waals surface area contributed by atoms with E-state index in [9.17, 15) is 9.59 Å². The van der Waals surface area contributed by atoms with E-state index in [1.807, 2.05) is 15.9 Å². The normalized spacial score (nSPS) is 20.3. The number of amides is 2. The number of rotatable bonds is 7. The van der Waals surface area contributed by atoms with Gasteiger partial charge in [-0.15, -0.1) is 0 Å². The molecule has 0 unspecified atom stereocenters. The van der Waals surface area contributed by atoms with Gasteiger partial charge < -0.3 is 14.7 Å². The van der Waals surface area contributed by atoms with Gasteiger partial charge in [0.2, 0.25) is 11.8 Å². The summed E-state index contributed by atoms with van der Waals surface area (Å²) in [5.41, 5.74) is 2.55. The first-order chi connectivity index (χ1) is 18.0. The van der Waals surface area contributed by atoms with Crippen molar-refractivity contribution in [2.75, 3.05) is 36.8 Å². The third-order valence-electron chi connectivity index (χ3n) is 7.98. The van der Waals surface area contributed by atoms with Crippen LogP contribution in [-0.4, -0.2) is 69.6 Å². The fraction of sp³-hybridized carbons (Fsp3) is 0.571. The summed E-state index contributed by atoms with van der Waals surface area (Å²) in [6.07, 6.45) is 7.76. The van der Waals surface area contributed by atoms with E-state index in [1.54, 1.807) is 6.07 Å². The molecule has 2 fully saturated rings. The zero-order valence-electron chi connectivity index (χ0n) is 21.6. The predicted molar refractivity (Wildman–Crippen MR) is 148 cm³/mol. The standard InChI is InChI=1S/C28H36ClN5O2S/c1-20-17-32(14-15-34(20)26(35)11-10-21-6-2-3-7-21)25-16-24(29)30-28(31-25)37-19-27(36)33-13-12-22-8-4-5-9-23(22)18-33/h4-5,8-9,16,20-21H,2-3,6-7,10-15,17-19H2,1H3/t20-/m0/s1. The Morgan fingerprint density at radius 2 is 1.84 bits per heavy atom. The summed E-state index contributed by atoms with van der Waals surface area (Å²) in [5.74, 6) is 2.13. The fourth-order valence-electron chi connectivity index (χ4n) is 5.84. The Labute approximate surface area is 229 Å². The minimum Gasteiger partial charge on any atom is -0.353 e. The van der Waals surface area contributed by atoms with E-state index in [2.05, 4.69) is 35.0 Å². The van der Waals surface area contributed by atoms with E-state index in [1.165, 1.54) is 48.6 Å². The van der Waals surface area contributed by atoms with Crippen LogP contribution in [0.1, 0.15) is 56.6 Å². The van der Waals surface area contributed by atoms with E-state index in [4.69, 9.17) is 16.6 Å². The van der Waals surface area contributed by atoms with Crippen LogP contribution in [-0.2, 0) is 22.6 Å². The van der Waals surface area contributed by atoms with Crippen LogP contribution in [0.5, 0.6) is 0 Å². The average molecular weight is 542 g/mol. The first-order valence-electron chi connectivity index (χ1n) is 13.5. The first-order valence-corrected chi connectivity index (χ1v) is 14.9. The molecule has 3 aliphatic rings. The van der Waals surface area contributed by atoms with Crippen LogP contribution in [0, 0.1) is 5.92 Å². The van der Waals surface area contributed by atoms with Crippen LogP contribution < -0.4 is 4.90 Å². The van der Waals surface area contributed by atoms with Crippen molar-refractivity contribution in [3.63, 3.8) is 0 Å². The Morgan fingerprint density at radius 3 is 2.62 bits per heavy atom. The molecule has 1 saturated heterocycles. The number of nitrogens with zero attached hydrogens (tertiary/aromatic N) is 5. The highest BCUT2D eigenvalue weighted by atomic mass is 35.5. The summed E-state index contributed by atoms with van der Waals surface area (Å²) >= 11 is 7.69. The van der Waals surface area contributed by atoms with Crippen molar-refractivity contribution in [2.24, 2.45) is 5.92 Å². The predicted octanol–water partition coefficient (Wildman–Crippen LogP) is 4.81. The van der Waals surface area contributed by atoms with Crippen molar-refractivity contribution in [2.45, 2.75) is 69.6 Å². The van der Waals surface area contributed by atoms with E-state index in [0.29, 0.717) is 42.9 Å². The van der Waals surface area contributed by atoms with Gasteiger partial charge in [0.1, 0.15) is 11.0 Å². The number of thioether (sulfide) groups is 1. The molecule has 1 aromatic carbocycles. The Morgan fingerprint density at radius 1 is 1.05 bits per heavy atom. The summed E-state index contributed by atoms with van der Waals surface area (Å²) in [4.78, 5) is 41.0. The van der Waals surface area contributed by atoms with Crippen molar-refractivity contribution in [3.05, 3.63) is 46.6 Å². The number of hydrogen-bond acceptors (Lipinski definition) is 6. The Balaban J connectivity index is 1.14. The molecule has 0 spiro atoms. The number of anilines is 1. The molecule has 9 heteroatoms. The number of carbonyl (C=O) groups excluding carboxylic acids is 2. The van der Waals surface area contributed by atoms with Gasteiger partial charge in [0.05, 0.1) is 5.75 Å². The maximum atomic E-state index is 12.9. The molecular weight excluding hydrogens is 506 g/mol. The van der Waals surface area contributed by atoms with Crippen molar-refractivity contribution in [3.8, 4) is 0 Å². The number of benzene rings is 1. The third kappa shape index (κ3) is 6.58. The average Bonchev–Trinajstić information content (AvgIpc) is 3.43. The molecule has 5 rings (SSSR count). The zero-order valence-corrected chi connectivity index (χ0v) is 23.1. The lowest BCUT2D eigenvalue weighted by Gasteiger charge is -2.40. The van der Waals surface area contributed by atoms with Crippen molar-refractivity contribution in [1.29, 1.82) is 0 Å². The van der Waals surface area contributed by atoms with E-state index in [-0.39, 0.29) is 23.6 Å². The zero-order chi connectivity index (χ0) is 25.8. The minimum atomic E-state index is 0.0861. The van der Waals surface area contributed by atoms with Crippen molar-refractivity contribution in [1.82, 2.24) is 19.8 Å². The summed E-state index contributed by atoms with van der Waals surface area (Å²) in [6.45, 7) is 5.59. The molecular formula is C28H36ClN5O2S. The fourth-order valence-corrected chi connectivity index (χ4v) is 6.83. The van der Waals surface area contributed by atoms with Crippen LogP contribution in [0.15, 0.2) is 35.5 Å². The molecule has 0 radical (unpaired) electrons. The van der Waals surface area contributed by atoms with Gasteiger partial charge >= 0.3 is 0 Å². The first kappa shape index (κ1) is 26.3. The lowest BCUT2D eigenvalue weighted by molar-refractivity contribution is -0.134. The minimum absolute atomic E-state index is 0.0861. The Hall–Kier alpha value is -2.32. The molecule has 0 N–H and O–H groups in total. The van der Waals surface area contributed by atoms with Gasteiger partial charge in [-0.2, -0.15) is 0 Å². The lowest BCUT2D eigenvalue weighted by atomic mass is 10.00. The molecule has 1 aliphatic carbocycles. The van der Waals surface area contributed by atoms with Gasteiger partial charge in [0.25, 0.3) is 0 Å². The van der Waals surface area contributed by atoms with Gasteiger partial charge in [0.15, 0.2) is 5.16 Å². The number of piperazine rings is 1. The second-order valence-corrected chi connectivity index (χ2v) is 11.9. The highest BCUT2D eigenvalue weighted by molar-refractivity contribution is 7.99. The molecule has 2 aromatic rings. The monoisotopic (exact) mass is 541 g/mol. The molecule has 1 saturated carbocycles. The summed E-state index contributed by atoms with van der Waals surface area (Å²) in [5, 5.41) is 0.880. The molecule has 3 heterocycles. The van der Waals surface area contributed by atoms with Crippen molar-refractivity contribution >= 4 is 41.0 Å². The summed E-state index contributed by atoms with van der Waals surface area (Å²) < 4.78 is 0. The van der Waals surface area contributed by atoms with Gasteiger partial charge in [-0.3, -0.25) is 9.59 Å².